The molecule has 28 heavy (non-hydrogen) atoms. The number of benzene rings is 1. The molecule has 0 spiro atoms. The number of hydrogen-bond acceptors (Lipinski definition) is 6. The molecule has 0 bridgehead atoms. The van der Waals surface area contributed by atoms with E-state index in [2.05, 4.69) is 10.6 Å². The molecule has 3 N–H and O–H groups in total. The summed E-state index contributed by atoms with van der Waals surface area (Å²) in [6, 6.07) is 5.48. The zero-order valence-corrected chi connectivity index (χ0v) is 16.3. The zero-order chi connectivity index (χ0) is 20.1. The summed E-state index contributed by atoms with van der Waals surface area (Å²) in [6.45, 7) is 2.44. The number of fused-ring (bicyclic) bond motifs is 3. The maximum absolute atomic E-state index is 12.1. The van der Waals surface area contributed by atoms with Crippen molar-refractivity contribution in [1.29, 1.82) is 0 Å². The van der Waals surface area contributed by atoms with E-state index in [9.17, 15) is 14.7 Å². The molecule has 8 heteroatoms. The summed E-state index contributed by atoms with van der Waals surface area (Å²) in [4.78, 5) is 23.9. The molecule has 0 radical (unpaired) electrons. The molecule has 0 saturated carbocycles. The highest BCUT2D eigenvalue weighted by Gasteiger charge is 2.46. The zero-order valence-electron chi connectivity index (χ0n) is 16.3. The average molecular weight is 392 g/mol. The normalized spacial score (nSPS) is 25.4. The molecule has 154 valence electrons. The Balaban J connectivity index is 1.74. The highest BCUT2D eigenvalue weighted by Crippen LogP contribution is 2.47. The molecule has 0 unspecified atom stereocenters. The third-order valence-electron chi connectivity index (χ3n) is 5.04. The minimum absolute atomic E-state index is 0.0100. The number of rotatable bonds is 8. The van der Waals surface area contributed by atoms with E-state index in [1.807, 2.05) is 19.1 Å². The second kappa shape index (κ2) is 9.36. The lowest BCUT2D eigenvalue weighted by Gasteiger charge is -2.37. The van der Waals surface area contributed by atoms with Crippen molar-refractivity contribution < 1.29 is 28.9 Å². The summed E-state index contributed by atoms with van der Waals surface area (Å²) < 4.78 is 16.8. The van der Waals surface area contributed by atoms with Crippen molar-refractivity contribution in [3.63, 3.8) is 0 Å². The van der Waals surface area contributed by atoms with Crippen molar-refractivity contribution >= 4 is 17.5 Å². The molecule has 8 nitrogen and oxygen atoms in total. The molecule has 0 aromatic heterocycles. The minimum atomic E-state index is -0.498. The Bertz CT molecular complexity index is 710. The Morgan fingerprint density at radius 3 is 2.86 bits per heavy atom. The second-order valence-corrected chi connectivity index (χ2v) is 7.19. The molecule has 1 aromatic carbocycles. The lowest BCUT2D eigenvalue weighted by Crippen LogP contribution is -2.47. The molecule has 1 aromatic rings. The number of nitrogens with one attached hydrogen (secondary N) is 2. The third-order valence-corrected chi connectivity index (χ3v) is 5.04. The van der Waals surface area contributed by atoms with Gasteiger partial charge in [-0.1, -0.05) is 6.92 Å². The first-order valence-electron chi connectivity index (χ1n) is 9.68. The van der Waals surface area contributed by atoms with E-state index in [-0.39, 0.29) is 49.6 Å². The molecule has 3 rings (SSSR count). The second-order valence-electron chi connectivity index (χ2n) is 7.19. The van der Waals surface area contributed by atoms with Crippen LogP contribution in [-0.4, -0.2) is 62.1 Å². The van der Waals surface area contributed by atoms with Crippen molar-refractivity contribution in [2.24, 2.45) is 0 Å². The molecular formula is C20H28N2O6. The van der Waals surface area contributed by atoms with Gasteiger partial charge >= 0.3 is 0 Å². The summed E-state index contributed by atoms with van der Waals surface area (Å²) in [5.74, 6) is 0.423. The predicted octanol–water partition coefficient (Wildman–Crippen LogP) is 1.18. The van der Waals surface area contributed by atoms with Gasteiger partial charge in [-0.05, 0) is 31.0 Å². The van der Waals surface area contributed by atoms with E-state index >= 15 is 0 Å². The molecule has 1 saturated heterocycles. The summed E-state index contributed by atoms with van der Waals surface area (Å²) in [5, 5.41) is 15.4. The quantitative estimate of drug-likeness (QED) is 0.614. The first-order chi connectivity index (χ1) is 13.5. The number of carbonyl (C=O) groups is 2. The highest BCUT2D eigenvalue weighted by atomic mass is 16.6. The fraction of sp³-hybridized carbons (Fsp3) is 0.600. The number of aliphatic hydroxyl groups excluding tert-OH is 1. The van der Waals surface area contributed by atoms with Crippen molar-refractivity contribution in [2.75, 3.05) is 32.2 Å². The van der Waals surface area contributed by atoms with Gasteiger partial charge in [0.2, 0.25) is 11.8 Å². The summed E-state index contributed by atoms with van der Waals surface area (Å²) in [6.07, 6.45) is 0.640. The molecular weight excluding hydrogens is 364 g/mol. The van der Waals surface area contributed by atoms with Gasteiger partial charge in [-0.25, -0.2) is 0 Å². The number of anilines is 1. The molecule has 4 atom stereocenters. The monoisotopic (exact) mass is 392 g/mol. The van der Waals surface area contributed by atoms with Crippen LogP contribution in [0.4, 0.5) is 5.69 Å². The fourth-order valence-corrected chi connectivity index (χ4v) is 3.84. The number of aliphatic hydroxyl groups is 1. The maximum atomic E-state index is 12.1. The van der Waals surface area contributed by atoms with Gasteiger partial charge in [0, 0.05) is 30.8 Å². The van der Waals surface area contributed by atoms with E-state index in [1.54, 1.807) is 6.07 Å². The summed E-state index contributed by atoms with van der Waals surface area (Å²) in [7, 11) is 1.47. The largest absolute Gasteiger partial charge is 0.487 e. The van der Waals surface area contributed by atoms with Gasteiger partial charge in [0.15, 0.2) is 0 Å². The van der Waals surface area contributed by atoms with Crippen LogP contribution in [0.3, 0.4) is 0 Å². The molecule has 2 aliphatic heterocycles. The van der Waals surface area contributed by atoms with Gasteiger partial charge < -0.3 is 30.0 Å². The van der Waals surface area contributed by atoms with Crippen LogP contribution in [-0.2, 0) is 19.1 Å². The van der Waals surface area contributed by atoms with E-state index in [1.165, 1.54) is 7.11 Å². The van der Waals surface area contributed by atoms with Gasteiger partial charge in [-0.3, -0.25) is 9.59 Å². The summed E-state index contributed by atoms with van der Waals surface area (Å²) >= 11 is 0. The molecule has 2 heterocycles. The van der Waals surface area contributed by atoms with Crippen LogP contribution >= 0.6 is 0 Å². The number of methoxy groups -OCH3 is 1. The SMILES string of the molecule is CCCNC(=O)C[C@H]1C[C@H]2c3cc(NC(=O)COC)ccc3O[C@H]2[C@H](CO)O1. The molecule has 1 fully saturated rings. The predicted molar refractivity (Wildman–Crippen MR) is 102 cm³/mol. The van der Waals surface area contributed by atoms with Gasteiger partial charge in [0.1, 0.15) is 24.6 Å². The number of ether oxygens (including phenoxy) is 3. The topological polar surface area (TPSA) is 106 Å². The number of carbonyl (C=O) groups excluding carboxylic acids is 2. The average Bonchev–Trinajstić information content (AvgIpc) is 3.04. The van der Waals surface area contributed by atoms with Crippen LogP contribution in [0, 0.1) is 0 Å². The smallest absolute Gasteiger partial charge is 0.250 e. The highest BCUT2D eigenvalue weighted by molar-refractivity contribution is 5.91. The van der Waals surface area contributed by atoms with Crippen LogP contribution in [0.1, 0.15) is 37.7 Å². The lowest BCUT2D eigenvalue weighted by molar-refractivity contribution is -0.142. The van der Waals surface area contributed by atoms with Crippen molar-refractivity contribution in [3.05, 3.63) is 23.8 Å². The van der Waals surface area contributed by atoms with Crippen molar-refractivity contribution in [1.82, 2.24) is 5.32 Å². The Hall–Kier alpha value is -2.16. The summed E-state index contributed by atoms with van der Waals surface area (Å²) in [5.41, 5.74) is 1.62. The van der Waals surface area contributed by atoms with Gasteiger partial charge in [-0.2, -0.15) is 0 Å². The standard InChI is InChI=1S/C20H28N2O6/c1-3-6-21-18(24)9-13-8-15-14-7-12(22-19(25)11-26-2)4-5-16(14)28-20(15)17(10-23)27-13/h4-5,7,13,15,17,20,23H,3,6,8-11H2,1-2H3,(H,21,24)(H,22,25)/t13-,15+,17+,20-/m1/s1. The van der Waals surface area contributed by atoms with Gasteiger partial charge in [-0.15, -0.1) is 0 Å². The van der Waals surface area contributed by atoms with Crippen molar-refractivity contribution in [3.8, 4) is 5.75 Å². The van der Waals surface area contributed by atoms with E-state index in [0.717, 1.165) is 17.7 Å². The minimum Gasteiger partial charge on any atom is -0.487 e. The van der Waals surface area contributed by atoms with E-state index in [0.29, 0.717) is 18.7 Å². The Morgan fingerprint density at radius 1 is 1.32 bits per heavy atom. The third kappa shape index (κ3) is 4.63. The van der Waals surface area contributed by atoms with Gasteiger partial charge in [0.05, 0.1) is 19.1 Å². The first-order valence-corrected chi connectivity index (χ1v) is 9.68. The maximum Gasteiger partial charge on any atom is 0.250 e. The van der Waals surface area contributed by atoms with E-state index < -0.39 is 6.10 Å². The number of hydrogen-bond donors (Lipinski definition) is 3. The Kier molecular flexibility index (Phi) is 6.88. The van der Waals surface area contributed by atoms with Crippen LogP contribution in [0.15, 0.2) is 18.2 Å². The number of amides is 2. The van der Waals surface area contributed by atoms with Crippen LogP contribution < -0.4 is 15.4 Å². The fourth-order valence-electron chi connectivity index (χ4n) is 3.84. The molecule has 0 aliphatic carbocycles. The molecule has 2 aliphatic rings. The van der Waals surface area contributed by atoms with Gasteiger partial charge in [0.25, 0.3) is 0 Å². The van der Waals surface area contributed by atoms with Crippen molar-refractivity contribution in [2.45, 2.75) is 50.4 Å². The Labute approximate surface area is 164 Å². The lowest BCUT2D eigenvalue weighted by atomic mass is 9.84. The van der Waals surface area contributed by atoms with Crippen LogP contribution in [0.2, 0.25) is 0 Å². The van der Waals surface area contributed by atoms with Crippen LogP contribution in [0.5, 0.6) is 5.75 Å². The Morgan fingerprint density at radius 2 is 2.14 bits per heavy atom. The first kappa shape index (κ1) is 20.6. The van der Waals surface area contributed by atoms with E-state index in [4.69, 9.17) is 14.2 Å². The van der Waals surface area contributed by atoms with Crippen LogP contribution in [0.25, 0.3) is 0 Å². The molecule has 2 amide bonds.